The van der Waals surface area contributed by atoms with E-state index in [0.717, 1.165) is 36.4 Å². The van der Waals surface area contributed by atoms with E-state index in [1.54, 1.807) is 11.3 Å². The van der Waals surface area contributed by atoms with Crippen LogP contribution in [0.3, 0.4) is 0 Å². The smallest absolute Gasteiger partial charge is 0.227 e. The molecule has 0 unspecified atom stereocenters. The standard InChI is InChI=1S/C16H17ClN2OS/c17-13-3-1-12(2-4-13)11-16(20)19(14-5-6-14)9-7-15-18-8-10-21-15/h1-4,8,10,14H,5-7,9,11H2. The number of carbonyl (C=O) groups excluding carboxylic acids is 1. The van der Waals surface area contributed by atoms with Gasteiger partial charge in [-0.1, -0.05) is 23.7 Å². The fourth-order valence-electron chi connectivity index (χ4n) is 2.37. The molecule has 1 amide bonds. The highest BCUT2D eigenvalue weighted by molar-refractivity contribution is 7.09. The fraction of sp³-hybridized carbons (Fsp3) is 0.375. The van der Waals surface area contributed by atoms with Crippen molar-refractivity contribution in [1.29, 1.82) is 0 Å². The van der Waals surface area contributed by atoms with Crippen LogP contribution >= 0.6 is 22.9 Å². The van der Waals surface area contributed by atoms with Crippen LogP contribution in [0.1, 0.15) is 23.4 Å². The Kier molecular flexibility index (Phi) is 4.56. The fourth-order valence-corrected chi connectivity index (χ4v) is 3.10. The Morgan fingerprint density at radius 1 is 1.33 bits per heavy atom. The summed E-state index contributed by atoms with van der Waals surface area (Å²) in [5, 5.41) is 3.78. The van der Waals surface area contributed by atoms with E-state index >= 15 is 0 Å². The number of benzene rings is 1. The molecule has 1 aromatic carbocycles. The minimum Gasteiger partial charge on any atom is -0.339 e. The van der Waals surface area contributed by atoms with Crippen molar-refractivity contribution in [2.45, 2.75) is 31.7 Å². The minimum atomic E-state index is 0.205. The summed E-state index contributed by atoms with van der Waals surface area (Å²) in [7, 11) is 0. The van der Waals surface area contributed by atoms with E-state index in [1.807, 2.05) is 40.7 Å². The topological polar surface area (TPSA) is 33.2 Å². The molecule has 0 atom stereocenters. The monoisotopic (exact) mass is 320 g/mol. The number of carbonyl (C=O) groups is 1. The second kappa shape index (κ2) is 6.58. The summed E-state index contributed by atoms with van der Waals surface area (Å²) >= 11 is 7.53. The van der Waals surface area contributed by atoms with Crippen molar-refractivity contribution in [2.24, 2.45) is 0 Å². The Morgan fingerprint density at radius 3 is 2.71 bits per heavy atom. The molecule has 5 heteroatoms. The van der Waals surface area contributed by atoms with Crippen molar-refractivity contribution in [2.75, 3.05) is 6.54 Å². The van der Waals surface area contributed by atoms with Gasteiger partial charge < -0.3 is 4.90 Å². The van der Waals surface area contributed by atoms with Gasteiger partial charge in [0.1, 0.15) is 0 Å². The Labute approximate surface area is 133 Å². The largest absolute Gasteiger partial charge is 0.339 e. The van der Waals surface area contributed by atoms with Crippen LogP contribution in [-0.4, -0.2) is 28.4 Å². The summed E-state index contributed by atoms with van der Waals surface area (Å²) in [4.78, 5) is 18.8. The molecule has 1 fully saturated rings. The molecule has 1 heterocycles. The molecule has 0 aliphatic heterocycles. The number of hydrogen-bond acceptors (Lipinski definition) is 3. The molecule has 21 heavy (non-hydrogen) atoms. The molecule has 1 aliphatic carbocycles. The molecular formula is C16H17ClN2OS. The van der Waals surface area contributed by atoms with Gasteiger partial charge in [-0.05, 0) is 30.5 Å². The molecule has 2 aromatic rings. The summed E-state index contributed by atoms with van der Waals surface area (Å²) < 4.78 is 0. The third-order valence-corrected chi connectivity index (χ3v) is 4.72. The molecule has 1 saturated carbocycles. The molecule has 1 aromatic heterocycles. The molecule has 3 nitrogen and oxygen atoms in total. The zero-order chi connectivity index (χ0) is 14.7. The second-order valence-electron chi connectivity index (χ2n) is 5.30. The Morgan fingerprint density at radius 2 is 2.10 bits per heavy atom. The van der Waals surface area contributed by atoms with E-state index in [2.05, 4.69) is 4.98 Å². The van der Waals surface area contributed by atoms with Crippen LogP contribution in [0.5, 0.6) is 0 Å². The van der Waals surface area contributed by atoms with Crippen molar-refractivity contribution in [3.05, 3.63) is 51.4 Å². The van der Waals surface area contributed by atoms with Crippen LogP contribution < -0.4 is 0 Å². The van der Waals surface area contributed by atoms with Crippen molar-refractivity contribution >= 4 is 28.8 Å². The van der Waals surface area contributed by atoms with Crippen LogP contribution in [0.4, 0.5) is 0 Å². The minimum absolute atomic E-state index is 0.205. The van der Waals surface area contributed by atoms with Crippen LogP contribution in [0, 0.1) is 0 Å². The molecule has 0 radical (unpaired) electrons. The van der Waals surface area contributed by atoms with Crippen molar-refractivity contribution in [3.8, 4) is 0 Å². The van der Waals surface area contributed by atoms with Gasteiger partial charge >= 0.3 is 0 Å². The van der Waals surface area contributed by atoms with Gasteiger partial charge in [-0.25, -0.2) is 4.98 Å². The van der Waals surface area contributed by atoms with Gasteiger partial charge in [0, 0.05) is 35.6 Å². The highest BCUT2D eigenvalue weighted by Crippen LogP contribution is 2.28. The van der Waals surface area contributed by atoms with E-state index in [-0.39, 0.29) is 5.91 Å². The lowest BCUT2D eigenvalue weighted by atomic mass is 10.1. The maximum absolute atomic E-state index is 12.5. The molecule has 0 spiro atoms. The highest BCUT2D eigenvalue weighted by Gasteiger charge is 2.32. The summed E-state index contributed by atoms with van der Waals surface area (Å²) in [6, 6.07) is 7.95. The molecule has 0 bridgehead atoms. The van der Waals surface area contributed by atoms with E-state index < -0.39 is 0 Å². The molecule has 0 N–H and O–H groups in total. The number of aromatic nitrogens is 1. The van der Waals surface area contributed by atoms with Gasteiger partial charge in [-0.2, -0.15) is 0 Å². The van der Waals surface area contributed by atoms with E-state index in [4.69, 9.17) is 11.6 Å². The molecule has 3 rings (SSSR count). The van der Waals surface area contributed by atoms with Gasteiger partial charge in [0.2, 0.25) is 5.91 Å². The van der Waals surface area contributed by atoms with E-state index in [9.17, 15) is 4.79 Å². The van der Waals surface area contributed by atoms with Crippen LogP contribution in [0.15, 0.2) is 35.8 Å². The number of rotatable bonds is 6. The number of nitrogens with zero attached hydrogens (tertiary/aromatic N) is 2. The van der Waals surface area contributed by atoms with Gasteiger partial charge in [0.25, 0.3) is 0 Å². The zero-order valence-electron chi connectivity index (χ0n) is 11.7. The number of halogens is 1. The maximum Gasteiger partial charge on any atom is 0.227 e. The van der Waals surface area contributed by atoms with Crippen molar-refractivity contribution in [3.63, 3.8) is 0 Å². The average Bonchev–Trinajstić information content (AvgIpc) is 3.17. The number of thiazole rings is 1. The second-order valence-corrected chi connectivity index (χ2v) is 6.71. The lowest BCUT2D eigenvalue weighted by Crippen LogP contribution is -2.36. The first-order valence-corrected chi connectivity index (χ1v) is 8.40. The van der Waals surface area contributed by atoms with Gasteiger partial charge in [-0.15, -0.1) is 11.3 Å². The van der Waals surface area contributed by atoms with Gasteiger partial charge in [0.05, 0.1) is 11.4 Å². The van der Waals surface area contributed by atoms with E-state index in [0.29, 0.717) is 17.5 Å². The first-order valence-electron chi connectivity index (χ1n) is 7.14. The Balaban J connectivity index is 1.60. The van der Waals surface area contributed by atoms with Gasteiger partial charge in [0.15, 0.2) is 0 Å². The maximum atomic E-state index is 12.5. The van der Waals surface area contributed by atoms with Crippen molar-refractivity contribution in [1.82, 2.24) is 9.88 Å². The first kappa shape index (κ1) is 14.5. The van der Waals surface area contributed by atoms with Crippen molar-refractivity contribution < 1.29 is 4.79 Å². The molecule has 1 aliphatic rings. The predicted octanol–water partition coefficient (Wildman–Crippen LogP) is 3.57. The average molecular weight is 321 g/mol. The predicted molar refractivity (Wildman–Crippen MR) is 85.7 cm³/mol. The third-order valence-electron chi connectivity index (χ3n) is 3.63. The highest BCUT2D eigenvalue weighted by atomic mass is 35.5. The first-order chi connectivity index (χ1) is 10.2. The normalized spacial score (nSPS) is 14.1. The zero-order valence-corrected chi connectivity index (χ0v) is 13.2. The summed E-state index contributed by atoms with van der Waals surface area (Å²) in [6.07, 6.45) is 5.37. The molecule has 110 valence electrons. The quantitative estimate of drug-likeness (QED) is 0.815. The van der Waals surface area contributed by atoms with E-state index in [1.165, 1.54) is 0 Å². The lowest BCUT2D eigenvalue weighted by Gasteiger charge is -2.22. The lowest BCUT2D eigenvalue weighted by molar-refractivity contribution is -0.131. The van der Waals surface area contributed by atoms with Crippen LogP contribution in [0.2, 0.25) is 5.02 Å². The molecule has 0 saturated heterocycles. The van der Waals surface area contributed by atoms with Crippen LogP contribution in [-0.2, 0) is 17.6 Å². The van der Waals surface area contributed by atoms with Crippen LogP contribution in [0.25, 0.3) is 0 Å². The van der Waals surface area contributed by atoms with Gasteiger partial charge in [-0.3, -0.25) is 4.79 Å². The third kappa shape index (κ3) is 4.05. The number of amides is 1. The summed E-state index contributed by atoms with van der Waals surface area (Å²) in [5.41, 5.74) is 1.02. The molecular weight excluding hydrogens is 304 g/mol. The number of hydrogen-bond donors (Lipinski definition) is 0. The summed E-state index contributed by atoms with van der Waals surface area (Å²) in [6.45, 7) is 0.768. The summed E-state index contributed by atoms with van der Waals surface area (Å²) in [5.74, 6) is 0.205. The Bertz CT molecular complexity index is 593. The SMILES string of the molecule is O=C(Cc1ccc(Cl)cc1)N(CCc1nccs1)C1CC1. The Hall–Kier alpha value is -1.39.